The van der Waals surface area contributed by atoms with Crippen LogP contribution >= 0.6 is 0 Å². The van der Waals surface area contributed by atoms with Crippen LogP contribution in [-0.2, 0) is 9.63 Å². The standard InChI is InChI=1S/C16H22N4O2/c1-16(2,3)15(21)22-20-8-6-19(7-9-20)13-5-4-12-11-17-18-14(12)10-13/h4-5,10-11H,6-9H2,1-3H3,(H,17,18). The van der Waals surface area contributed by atoms with E-state index < -0.39 is 5.41 Å². The molecule has 118 valence electrons. The number of fused-ring (bicyclic) bond motifs is 1. The summed E-state index contributed by atoms with van der Waals surface area (Å²) in [4.78, 5) is 19.7. The number of hydrogen-bond acceptors (Lipinski definition) is 5. The lowest BCUT2D eigenvalue weighted by atomic mass is 9.98. The second-order valence-electron chi connectivity index (χ2n) is 6.69. The predicted molar refractivity (Wildman–Crippen MR) is 85.4 cm³/mol. The topological polar surface area (TPSA) is 61.5 Å². The quantitative estimate of drug-likeness (QED) is 0.921. The van der Waals surface area contributed by atoms with Crippen molar-refractivity contribution in [2.75, 3.05) is 31.1 Å². The van der Waals surface area contributed by atoms with Crippen LogP contribution in [0.5, 0.6) is 0 Å². The van der Waals surface area contributed by atoms with Crippen molar-refractivity contribution in [3.8, 4) is 0 Å². The molecule has 0 amide bonds. The van der Waals surface area contributed by atoms with E-state index in [2.05, 4.69) is 33.3 Å². The van der Waals surface area contributed by atoms with Crippen LogP contribution in [0.15, 0.2) is 24.4 Å². The Morgan fingerprint density at radius 3 is 2.64 bits per heavy atom. The van der Waals surface area contributed by atoms with E-state index in [1.165, 1.54) is 5.69 Å². The van der Waals surface area contributed by atoms with Gasteiger partial charge in [-0.15, -0.1) is 5.06 Å². The van der Waals surface area contributed by atoms with Gasteiger partial charge in [0.2, 0.25) is 0 Å². The van der Waals surface area contributed by atoms with Gasteiger partial charge in [-0.2, -0.15) is 5.10 Å². The molecule has 1 aromatic carbocycles. The van der Waals surface area contributed by atoms with Crippen molar-refractivity contribution >= 4 is 22.6 Å². The number of hydrogen-bond donors (Lipinski definition) is 1. The summed E-state index contributed by atoms with van der Waals surface area (Å²) in [6, 6.07) is 6.29. The molecule has 2 heterocycles. The van der Waals surface area contributed by atoms with Crippen molar-refractivity contribution < 1.29 is 9.63 Å². The lowest BCUT2D eigenvalue weighted by Crippen LogP contribution is -2.48. The number of hydroxylamine groups is 2. The highest BCUT2D eigenvalue weighted by Gasteiger charge is 2.27. The molecule has 0 unspecified atom stereocenters. The molecule has 3 rings (SSSR count). The van der Waals surface area contributed by atoms with E-state index >= 15 is 0 Å². The van der Waals surface area contributed by atoms with Gasteiger partial charge in [-0.3, -0.25) is 5.10 Å². The maximum Gasteiger partial charge on any atom is 0.330 e. The number of rotatable bonds is 2. The number of anilines is 1. The van der Waals surface area contributed by atoms with Crippen molar-refractivity contribution in [3.05, 3.63) is 24.4 Å². The van der Waals surface area contributed by atoms with Gasteiger partial charge >= 0.3 is 5.97 Å². The zero-order valence-corrected chi connectivity index (χ0v) is 13.3. The number of nitrogens with one attached hydrogen (secondary N) is 1. The highest BCUT2D eigenvalue weighted by molar-refractivity contribution is 5.81. The predicted octanol–water partition coefficient (Wildman–Crippen LogP) is 2.19. The van der Waals surface area contributed by atoms with E-state index in [0.717, 1.165) is 24.0 Å². The molecule has 1 aliphatic rings. The highest BCUT2D eigenvalue weighted by atomic mass is 16.7. The van der Waals surface area contributed by atoms with Gasteiger partial charge in [-0.05, 0) is 39.0 Å². The Bertz CT molecular complexity index is 666. The molecule has 6 heteroatoms. The molecular formula is C16H22N4O2. The fraction of sp³-hybridized carbons (Fsp3) is 0.500. The minimum absolute atomic E-state index is 0.181. The van der Waals surface area contributed by atoms with E-state index in [1.54, 1.807) is 5.06 Å². The summed E-state index contributed by atoms with van der Waals surface area (Å²) < 4.78 is 0. The second-order valence-corrected chi connectivity index (χ2v) is 6.69. The maximum absolute atomic E-state index is 11.9. The minimum atomic E-state index is -0.469. The molecule has 22 heavy (non-hydrogen) atoms. The second kappa shape index (κ2) is 5.61. The van der Waals surface area contributed by atoms with Gasteiger partial charge in [0.05, 0.1) is 30.2 Å². The number of benzene rings is 1. The van der Waals surface area contributed by atoms with Crippen LogP contribution in [-0.4, -0.2) is 47.4 Å². The molecule has 0 spiro atoms. The molecular weight excluding hydrogens is 280 g/mol. The van der Waals surface area contributed by atoms with Gasteiger partial charge < -0.3 is 9.74 Å². The van der Waals surface area contributed by atoms with Crippen LogP contribution in [0.3, 0.4) is 0 Å². The lowest BCUT2D eigenvalue weighted by molar-refractivity contribution is -0.201. The first kappa shape index (κ1) is 14.8. The first-order valence-corrected chi connectivity index (χ1v) is 7.59. The summed E-state index contributed by atoms with van der Waals surface area (Å²) in [5, 5.41) is 9.92. The molecule has 1 fully saturated rings. The van der Waals surface area contributed by atoms with Crippen LogP contribution in [0.4, 0.5) is 5.69 Å². The van der Waals surface area contributed by atoms with Gasteiger partial charge in [-0.25, -0.2) is 4.79 Å². The third kappa shape index (κ3) is 3.06. The number of carbonyl (C=O) groups is 1. The Hall–Kier alpha value is -2.08. The average molecular weight is 302 g/mol. The Morgan fingerprint density at radius 2 is 1.95 bits per heavy atom. The van der Waals surface area contributed by atoms with Gasteiger partial charge in [0.15, 0.2) is 0 Å². The Labute approximate surface area is 130 Å². The SMILES string of the molecule is CC(C)(C)C(=O)ON1CCN(c2ccc3cn[nH]c3c2)CC1. The monoisotopic (exact) mass is 302 g/mol. The molecule has 1 aromatic heterocycles. The summed E-state index contributed by atoms with van der Waals surface area (Å²) in [6.07, 6.45) is 1.82. The van der Waals surface area contributed by atoms with Crippen LogP contribution in [0, 0.1) is 5.41 Å². The number of piperazine rings is 1. The number of aromatic amines is 1. The maximum atomic E-state index is 11.9. The minimum Gasteiger partial charge on any atom is -0.369 e. The number of carbonyl (C=O) groups excluding carboxylic acids is 1. The molecule has 0 atom stereocenters. The molecule has 0 saturated carbocycles. The van der Waals surface area contributed by atoms with Crippen LogP contribution in [0.25, 0.3) is 10.9 Å². The molecule has 1 aliphatic heterocycles. The van der Waals surface area contributed by atoms with E-state index in [4.69, 9.17) is 4.84 Å². The smallest absolute Gasteiger partial charge is 0.330 e. The Kier molecular flexibility index (Phi) is 3.78. The zero-order valence-electron chi connectivity index (χ0n) is 13.3. The highest BCUT2D eigenvalue weighted by Crippen LogP contribution is 2.22. The summed E-state index contributed by atoms with van der Waals surface area (Å²) in [6.45, 7) is 8.68. The lowest BCUT2D eigenvalue weighted by Gasteiger charge is -2.35. The summed E-state index contributed by atoms with van der Waals surface area (Å²) >= 11 is 0. The van der Waals surface area contributed by atoms with Gasteiger partial charge in [0, 0.05) is 24.2 Å². The molecule has 1 N–H and O–H groups in total. The largest absolute Gasteiger partial charge is 0.369 e. The normalized spacial score (nSPS) is 17.0. The third-order valence-corrected chi connectivity index (χ3v) is 3.85. The fourth-order valence-corrected chi connectivity index (χ4v) is 2.41. The molecule has 1 saturated heterocycles. The van der Waals surface area contributed by atoms with Gasteiger partial charge in [-0.1, -0.05) is 0 Å². The van der Waals surface area contributed by atoms with Crippen LogP contribution < -0.4 is 4.90 Å². The van der Waals surface area contributed by atoms with E-state index in [1.807, 2.05) is 27.0 Å². The number of H-pyrrole nitrogens is 1. The van der Waals surface area contributed by atoms with Gasteiger partial charge in [0.1, 0.15) is 0 Å². The summed E-state index contributed by atoms with van der Waals surface area (Å²) in [5.41, 5.74) is 1.74. The molecule has 0 radical (unpaired) electrons. The van der Waals surface area contributed by atoms with Crippen LogP contribution in [0.2, 0.25) is 0 Å². The first-order valence-electron chi connectivity index (χ1n) is 7.59. The summed E-state index contributed by atoms with van der Waals surface area (Å²) in [7, 11) is 0. The number of aromatic nitrogens is 2. The Morgan fingerprint density at radius 1 is 1.23 bits per heavy atom. The van der Waals surface area contributed by atoms with E-state index in [0.29, 0.717) is 13.1 Å². The van der Waals surface area contributed by atoms with Crippen molar-refractivity contribution in [3.63, 3.8) is 0 Å². The van der Waals surface area contributed by atoms with Crippen molar-refractivity contribution in [2.24, 2.45) is 5.41 Å². The van der Waals surface area contributed by atoms with Crippen molar-refractivity contribution in [1.82, 2.24) is 15.3 Å². The van der Waals surface area contributed by atoms with Gasteiger partial charge in [0.25, 0.3) is 0 Å². The number of nitrogens with zero attached hydrogens (tertiary/aromatic N) is 3. The fourth-order valence-electron chi connectivity index (χ4n) is 2.41. The van der Waals surface area contributed by atoms with E-state index in [9.17, 15) is 4.79 Å². The van der Waals surface area contributed by atoms with Crippen LogP contribution in [0.1, 0.15) is 20.8 Å². The summed E-state index contributed by atoms with van der Waals surface area (Å²) in [5.74, 6) is -0.181. The Balaban J connectivity index is 1.60. The zero-order chi connectivity index (χ0) is 15.7. The van der Waals surface area contributed by atoms with Crippen molar-refractivity contribution in [2.45, 2.75) is 20.8 Å². The third-order valence-electron chi connectivity index (χ3n) is 3.85. The van der Waals surface area contributed by atoms with E-state index in [-0.39, 0.29) is 5.97 Å². The van der Waals surface area contributed by atoms with Crippen molar-refractivity contribution in [1.29, 1.82) is 0 Å². The average Bonchev–Trinajstić information content (AvgIpc) is 2.94. The first-order chi connectivity index (χ1) is 10.4. The molecule has 0 bridgehead atoms. The molecule has 6 nitrogen and oxygen atoms in total. The molecule has 2 aromatic rings. The molecule has 0 aliphatic carbocycles.